The van der Waals surface area contributed by atoms with Crippen molar-refractivity contribution in [1.29, 1.82) is 0 Å². The molecule has 0 bridgehead atoms. The average Bonchev–Trinajstić information content (AvgIpc) is 3.16. The fourth-order valence-corrected chi connectivity index (χ4v) is 3.84. The molecule has 0 aliphatic carbocycles. The second-order valence-electron chi connectivity index (χ2n) is 6.56. The maximum atomic E-state index is 12.7. The van der Waals surface area contributed by atoms with Gasteiger partial charge in [-0.05, 0) is 42.3 Å². The molecule has 0 saturated carbocycles. The van der Waals surface area contributed by atoms with E-state index in [9.17, 15) is 21.6 Å². The van der Waals surface area contributed by atoms with Gasteiger partial charge in [-0.2, -0.15) is 9.71 Å². The number of nitrogens with one attached hydrogen (secondary N) is 1. The maximum absolute atomic E-state index is 12.7. The Morgan fingerprint density at radius 1 is 1.13 bits per heavy atom. The molecule has 0 saturated heterocycles. The molecule has 1 unspecified atom stereocenters. The van der Waals surface area contributed by atoms with Crippen LogP contribution in [0.2, 0.25) is 0 Å². The summed E-state index contributed by atoms with van der Waals surface area (Å²) in [6.07, 6.45) is -1.75. The third kappa shape index (κ3) is 5.33. The molecule has 2 aromatic heterocycles. The van der Waals surface area contributed by atoms with Crippen LogP contribution in [0.25, 0.3) is 11.4 Å². The number of ether oxygens (including phenoxy) is 1. The summed E-state index contributed by atoms with van der Waals surface area (Å²) in [4.78, 5) is 7.97. The summed E-state index contributed by atoms with van der Waals surface area (Å²) < 4.78 is 73.7. The van der Waals surface area contributed by atoms with Crippen molar-refractivity contribution in [3.8, 4) is 17.1 Å². The summed E-state index contributed by atoms with van der Waals surface area (Å²) in [5.41, 5.74) is 0.595. The van der Waals surface area contributed by atoms with Crippen LogP contribution in [0.5, 0.6) is 5.75 Å². The van der Waals surface area contributed by atoms with Crippen molar-refractivity contribution in [2.24, 2.45) is 5.92 Å². The molecule has 0 aliphatic heterocycles. The predicted molar refractivity (Wildman–Crippen MR) is 98.6 cm³/mol. The summed E-state index contributed by atoms with van der Waals surface area (Å²) in [5.74, 6) is -0.504. The van der Waals surface area contributed by atoms with Gasteiger partial charge in [-0.1, -0.05) is 19.0 Å². The van der Waals surface area contributed by atoms with Crippen LogP contribution >= 0.6 is 0 Å². The molecule has 0 radical (unpaired) electrons. The SMILES string of the molecule is CC(C)C(NS(=O)(=O)c1ccc(OC(F)(F)F)cc1)c1nc(-c2cccnc2)no1. The van der Waals surface area contributed by atoms with Crippen molar-refractivity contribution in [2.75, 3.05) is 0 Å². The Morgan fingerprint density at radius 2 is 1.83 bits per heavy atom. The lowest BCUT2D eigenvalue weighted by atomic mass is 10.1. The largest absolute Gasteiger partial charge is 0.573 e. The molecule has 12 heteroatoms. The normalized spacial score (nSPS) is 13.4. The molecule has 1 aromatic carbocycles. The molecule has 0 fully saturated rings. The predicted octanol–water partition coefficient (Wildman–Crippen LogP) is 3.71. The van der Waals surface area contributed by atoms with Crippen LogP contribution in [0.3, 0.4) is 0 Å². The Balaban J connectivity index is 1.82. The highest BCUT2D eigenvalue weighted by atomic mass is 32.2. The number of pyridine rings is 1. The Morgan fingerprint density at radius 3 is 2.40 bits per heavy atom. The van der Waals surface area contributed by atoms with E-state index >= 15 is 0 Å². The first-order valence-electron chi connectivity index (χ1n) is 8.67. The highest BCUT2D eigenvalue weighted by molar-refractivity contribution is 7.89. The molecule has 0 amide bonds. The summed E-state index contributed by atoms with van der Waals surface area (Å²) in [6.45, 7) is 3.50. The molecular weight excluding hydrogens is 425 g/mol. The van der Waals surface area contributed by atoms with Crippen molar-refractivity contribution in [2.45, 2.75) is 31.1 Å². The summed E-state index contributed by atoms with van der Waals surface area (Å²) in [5, 5.41) is 3.85. The highest BCUT2D eigenvalue weighted by Gasteiger charge is 2.32. The lowest BCUT2D eigenvalue weighted by molar-refractivity contribution is -0.274. The Bertz CT molecular complexity index is 1080. The van der Waals surface area contributed by atoms with Crippen LogP contribution < -0.4 is 9.46 Å². The van der Waals surface area contributed by atoms with Gasteiger partial charge in [0.05, 0.1) is 4.90 Å². The molecule has 1 N–H and O–H groups in total. The number of halogens is 3. The molecule has 8 nitrogen and oxygen atoms in total. The minimum Gasteiger partial charge on any atom is -0.406 e. The number of hydrogen-bond donors (Lipinski definition) is 1. The van der Waals surface area contributed by atoms with Crippen molar-refractivity contribution < 1.29 is 30.8 Å². The van der Waals surface area contributed by atoms with Crippen molar-refractivity contribution >= 4 is 10.0 Å². The van der Waals surface area contributed by atoms with E-state index < -0.39 is 28.2 Å². The fraction of sp³-hybridized carbons (Fsp3) is 0.278. The Labute approximate surface area is 170 Å². The molecule has 0 aliphatic rings. The number of sulfonamides is 1. The maximum Gasteiger partial charge on any atom is 0.573 e. The molecule has 2 heterocycles. The third-order valence-electron chi connectivity index (χ3n) is 3.94. The van der Waals surface area contributed by atoms with Gasteiger partial charge < -0.3 is 9.26 Å². The van der Waals surface area contributed by atoms with Crippen LogP contribution in [0, 0.1) is 5.92 Å². The Kier molecular flexibility index (Phi) is 6.08. The van der Waals surface area contributed by atoms with Gasteiger partial charge in [-0.25, -0.2) is 8.42 Å². The average molecular weight is 442 g/mol. The van der Waals surface area contributed by atoms with Crippen LogP contribution in [0.1, 0.15) is 25.8 Å². The van der Waals surface area contributed by atoms with Crippen molar-refractivity contribution in [3.05, 3.63) is 54.7 Å². The second-order valence-corrected chi connectivity index (χ2v) is 8.27. The van der Waals surface area contributed by atoms with Crippen LogP contribution in [0.15, 0.2) is 58.2 Å². The molecule has 1 atom stereocenters. The number of alkyl halides is 3. The summed E-state index contributed by atoms with van der Waals surface area (Å²) in [6, 6.07) is 6.41. The van der Waals surface area contributed by atoms with E-state index in [1.54, 1.807) is 32.2 Å². The number of aromatic nitrogens is 3. The molecular formula is C18H17F3N4O4S. The van der Waals surface area contributed by atoms with Gasteiger partial charge in [0, 0.05) is 18.0 Å². The van der Waals surface area contributed by atoms with Gasteiger partial charge in [0.25, 0.3) is 0 Å². The number of nitrogens with zero attached hydrogens (tertiary/aromatic N) is 3. The lowest BCUT2D eigenvalue weighted by Crippen LogP contribution is -2.32. The first-order chi connectivity index (χ1) is 14.0. The minimum atomic E-state index is -4.87. The standard InChI is InChI=1S/C18H17F3N4O4S/c1-11(2)15(17-23-16(24-29-17)12-4-3-9-22-10-12)25-30(26,27)14-7-5-13(6-8-14)28-18(19,20)21/h3-11,15,25H,1-2H3. The van der Waals surface area contributed by atoms with Gasteiger partial charge in [-0.15, -0.1) is 13.2 Å². The zero-order valence-corrected chi connectivity index (χ0v) is 16.6. The zero-order chi connectivity index (χ0) is 21.9. The molecule has 3 aromatic rings. The van der Waals surface area contributed by atoms with E-state index in [0.29, 0.717) is 5.56 Å². The minimum absolute atomic E-state index is 0.0458. The van der Waals surface area contributed by atoms with Crippen LogP contribution in [-0.2, 0) is 10.0 Å². The van der Waals surface area contributed by atoms with E-state index in [1.165, 1.54) is 6.20 Å². The quantitative estimate of drug-likeness (QED) is 0.594. The monoisotopic (exact) mass is 442 g/mol. The summed E-state index contributed by atoms with van der Waals surface area (Å²) in [7, 11) is -4.10. The van der Waals surface area contributed by atoms with E-state index in [2.05, 4.69) is 24.6 Å². The number of hydrogen-bond acceptors (Lipinski definition) is 7. The molecule has 30 heavy (non-hydrogen) atoms. The fourth-order valence-electron chi connectivity index (χ4n) is 2.50. The van der Waals surface area contributed by atoms with Gasteiger partial charge in [-0.3, -0.25) is 4.98 Å². The smallest absolute Gasteiger partial charge is 0.406 e. The first kappa shape index (κ1) is 21.7. The van der Waals surface area contributed by atoms with Gasteiger partial charge >= 0.3 is 6.36 Å². The summed E-state index contributed by atoms with van der Waals surface area (Å²) >= 11 is 0. The lowest BCUT2D eigenvalue weighted by Gasteiger charge is -2.18. The van der Waals surface area contributed by atoms with Gasteiger partial charge in [0.1, 0.15) is 11.8 Å². The zero-order valence-electron chi connectivity index (χ0n) is 15.8. The van der Waals surface area contributed by atoms with Crippen molar-refractivity contribution in [1.82, 2.24) is 19.8 Å². The molecule has 160 valence electrons. The molecule has 0 spiro atoms. The topological polar surface area (TPSA) is 107 Å². The Hall–Kier alpha value is -2.99. The highest BCUT2D eigenvalue weighted by Crippen LogP contribution is 2.27. The molecule has 3 rings (SSSR count). The van der Waals surface area contributed by atoms with Gasteiger partial charge in [0.2, 0.25) is 21.7 Å². The number of benzene rings is 1. The first-order valence-corrected chi connectivity index (χ1v) is 10.2. The second kappa shape index (κ2) is 8.40. The number of rotatable bonds is 7. The van der Waals surface area contributed by atoms with Crippen LogP contribution in [-0.4, -0.2) is 29.9 Å². The van der Waals surface area contributed by atoms with E-state index in [1.807, 2.05) is 0 Å². The van der Waals surface area contributed by atoms with Crippen LogP contribution in [0.4, 0.5) is 13.2 Å². The van der Waals surface area contributed by atoms with E-state index in [0.717, 1.165) is 24.3 Å². The van der Waals surface area contributed by atoms with E-state index in [-0.39, 0.29) is 22.5 Å². The van der Waals surface area contributed by atoms with E-state index in [4.69, 9.17) is 4.52 Å². The van der Waals surface area contributed by atoms with Gasteiger partial charge in [0.15, 0.2) is 0 Å². The van der Waals surface area contributed by atoms with Crippen molar-refractivity contribution in [3.63, 3.8) is 0 Å². The third-order valence-corrected chi connectivity index (χ3v) is 5.40.